The lowest BCUT2D eigenvalue weighted by molar-refractivity contribution is 0.574. The van der Waals surface area contributed by atoms with Gasteiger partial charge in [-0.3, -0.25) is 0 Å². The zero-order valence-corrected chi connectivity index (χ0v) is 12.0. The Labute approximate surface area is 112 Å². The molecule has 0 aliphatic heterocycles. The fraction of sp³-hybridized carbons (Fsp3) is 0.636. The summed E-state index contributed by atoms with van der Waals surface area (Å²) in [5.74, 6) is 0.923. The lowest BCUT2D eigenvalue weighted by Gasteiger charge is -2.30. The van der Waals surface area contributed by atoms with Gasteiger partial charge in [0.15, 0.2) is 0 Å². The standard InChI is InChI=1S/C11H19ClN4S/c1-4-11(5-2,17-3)6-14-10-8(12)9(13)15-7-16-10/h7H,4-6H2,1-3H3,(H3,13,14,15,16). The SMILES string of the molecule is CCC(CC)(CNc1ncnc(N)c1Cl)SC. The van der Waals surface area contributed by atoms with E-state index in [1.165, 1.54) is 6.33 Å². The lowest BCUT2D eigenvalue weighted by atomic mass is 10.0. The molecule has 0 fully saturated rings. The molecule has 0 aliphatic carbocycles. The van der Waals surface area contributed by atoms with Gasteiger partial charge in [0.05, 0.1) is 0 Å². The second-order valence-electron chi connectivity index (χ2n) is 3.87. The molecule has 0 amide bonds. The maximum absolute atomic E-state index is 6.03. The number of anilines is 2. The Morgan fingerprint density at radius 1 is 1.41 bits per heavy atom. The summed E-state index contributed by atoms with van der Waals surface area (Å²) in [4.78, 5) is 7.94. The number of nitrogens with two attached hydrogens (primary N) is 1. The lowest BCUT2D eigenvalue weighted by Crippen LogP contribution is -2.32. The van der Waals surface area contributed by atoms with Crippen molar-refractivity contribution < 1.29 is 0 Å². The number of nitrogens with zero attached hydrogens (tertiary/aromatic N) is 2. The number of nitrogen functional groups attached to an aromatic ring is 1. The van der Waals surface area contributed by atoms with Crippen LogP contribution in [0.2, 0.25) is 5.02 Å². The van der Waals surface area contributed by atoms with Gasteiger partial charge in [-0.05, 0) is 19.1 Å². The van der Waals surface area contributed by atoms with Gasteiger partial charge in [-0.25, -0.2) is 9.97 Å². The molecule has 1 aromatic rings. The van der Waals surface area contributed by atoms with Crippen molar-refractivity contribution in [1.82, 2.24) is 9.97 Å². The van der Waals surface area contributed by atoms with Gasteiger partial charge in [0.25, 0.3) is 0 Å². The topological polar surface area (TPSA) is 63.8 Å². The van der Waals surface area contributed by atoms with Gasteiger partial charge in [-0.15, -0.1) is 0 Å². The molecule has 0 saturated carbocycles. The van der Waals surface area contributed by atoms with Gasteiger partial charge in [-0.1, -0.05) is 25.4 Å². The van der Waals surface area contributed by atoms with Crippen molar-refractivity contribution in [3.8, 4) is 0 Å². The summed E-state index contributed by atoms with van der Waals surface area (Å²) >= 11 is 7.90. The maximum atomic E-state index is 6.03. The van der Waals surface area contributed by atoms with Crippen molar-refractivity contribution >= 4 is 35.0 Å². The van der Waals surface area contributed by atoms with Crippen LogP contribution < -0.4 is 11.1 Å². The van der Waals surface area contributed by atoms with E-state index in [4.69, 9.17) is 17.3 Å². The molecule has 1 rings (SSSR count). The third-order valence-corrected chi connectivity index (χ3v) is 5.08. The van der Waals surface area contributed by atoms with Gasteiger partial charge in [0.1, 0.15) is 23.0 Å². The number of hydrogen-bond acceptors (Lipinski definition) is 5. The predicted octanol–water partition coefficient (Wildman–Crippen LogP) is 3.05. The van der Waals surface area contributed by atoms with Gasteiger partial charge in [-0.2, -0.15) is 11.8 Å². The van der Waals surface area contributed by atoms with Gasteiger partial charge in [0.2, 0.25) is 0 Å². The number of aromatic nitrogens is 2. The number of hydrogen-bond donors (Lipinski definition) is 2. The highest BCUT2D eigenvalue weighted by atomic mass is 35.5. The van der Waals surface area contributed by atoms with Crippen LogP contribution >= 0.6 is 23.4 Å². The van der Waals surface area contributed by atoms with Gasteiger partial charge < -0.3 is 11.1 Å². The van der Waals surface area contributed by atoms with Crippen LogP contribution in [0.25, 0.3) is 0 Å². The van der Waals surface area contributed by atoms with Crippen LogP contribution in [0, 0.1) is 0 Å². The van der Waals surface area contributed by atoms with Crippen molar-refractivity contribution in [2.24, 2.45) is 0 Å². The molecule has 96 valence electrons. The molecule has 0 unspecified atom stereocenters. The third kappa shape index (κ3) is 3.39. The molecule has 3 N–H and O–H groups in total. The Hall–Kier alpha value is -0.680. The summed E-state index contributed by atoms with van der Waals surface area (Å²) < 4.78 is 0.211. The minimum Gasteiger partial charge on any atom is -0.382 e. The Kier molecular flexibility index (Phi) is 5.33. The smallest absolute Gasteiger partial charge is 0.150 e. The predicted molar refractivity (Wildman–Crippen MR) is 76.8 cm³/mol. The monoisotopic (exact) mass is 274 g/mol. The highest BCUT2D eigenvalue weighted by molar-refractivity contribution is 8.00. The molecule has 0 aliphatic rings. The molecule has 0 aromatic carbocycles. The van der Waals surface area contributed by atoms with E-state index in [1.54, 1.807) is 0 Å². The first-order valence-corrected chi connectivity index (χ1v) is 7.23. The molecule has 17 heavy (non-hydrogen) atoms. The maximum Gasteiger partial charge on any atom is 0.150 e. The number of rotatable bonds is 6. The molecule has 0 bridgehead atoms. The van der Waals surface area contributed by atoms with Crippen LogP contribution in [0.3, 0.4) is 0 Å². The van der Waals surface area contributed by atoms with E-state index in [0.29, 0.717) is 16.7 Å². The zero-order chi connectivity index (χ0) is 12.9. The van der Waals surface area contributed by atoms with E-state index in [9.17, 15) is 0 Å². The summed E-state index contributed by atoms with van der Waals surface area (Å²) in [5, 5.41) is 3.66. The molecule has 0 spiro atoms. The minimum absolute atomic E-state index is 0.211. The normalized spacial score (nSPS) is 11.5. The van der Waals surface area contributed by atoms with Crippen molar-refractivity contribution in [3.05, 3.63) is 11.3 Å². The largest absolute Gasteiger partial charge is 0.382 e. The molecule has 0 atom stereocenters. The Balaban J connectivity index is 2.75. The summed E-state index contributed by atoms with van der Waals surface area (Å²) in [6, 6.07) is 0. The quantitative estimate of drug-likeness (QED) is 0.835. The highest BCUT2D eigenvalue weighted by Crippen LogP contribution is 2.32. The Bertz CT molecular complexity index is 360. The average molecular weight is 275 g/mol. The van der Waals surface area contributed by atoms with Crippen LogP contribution in [-0.4, -0.2) is 27.5 Å². The van der Waals surface area contributed by atoms with Crippen molar-refractivity contribution in [2.45, 2.75) is 31.4 Å². The third-order valence-electron chi connectivity index (χ3n) is 3.12. The number of halogens is 1. The Morgan fingerprint density at radius 2 is 2.06 bits per heavy atom. The number of thioether (sulfide) groups is 1. The second-order valence-corrected chi connectivity index (χ2v) is 5.52. The number of nitrogens with one attached hydrogen (secondary N) is 1. The first-order chi connectivity index (χ1) is 8.08. The van der Waals surface area contributed by atoms with Crippen molar-refractivity contribution in [3.63, 3.8) is 0 Å². The fourth-order valence-corrected chi connectivity index (χ4v) is 2.57. The Morgan fingerprint density at radius 3 is 2.59 bits per heavy atom. The second kappa shape index (κ2) is 6.31. The van der Waals surface area contributed by atoms with Gasteiger partial charge >= 0.3 is 0 Å². The molecule has 6 heteroatoms. The average Bonchev–Trinajstić information content (AvgIpc) is 2.36. The van der Waals surface area contributed by atoms with Crippen LogP contribution in [-0.2, 0) is 0 Å². The van der Waals surface area contributed by atoms with Crippen LogP contribution in [0.15, 0.2) is 6.33 Å². The van der Waals surface area contributed by atoms with E-state index in [1.807, 2.05) is 11.8 Å². The van der Waals surface area contributed by atoms with Crippen LogP contribution in [0.1, 0.15) is 26.7 Å². The highest BCUT2D eigenvalue weighted by Gasteiger charge is 2.25. The molecular formula is C11H19ClN4S. The minimum atomic E-state index is 0.211. The van der Waals surface area contributed by atoms with Crippen LogP contribution in [0.4, 0.5) is 11.6 Å². The van der Waals surface area contributed by atoms with Crippen molar-refractivity contribution in [2.75, 3.05) is 23.9 Å². The molecule has 0 radical (unpaired) electrons. The van der Waals surface area contributed by atoms with E-state index < -0.39 is 0 Å². The van der Waals surface area contributed by atoms with E-state index in [-0.39, 0.29) is 4.75 Å². The van der Waals surface area contributed by atoms with Gasteiger partial charge in [0, 0.05) is 11.3 Å². The summed E-state index contributed by atoms with van der Waals surface area (Å²) in [6.45, 7) is 5.20. The summed E-state index contributed by atoms with van der Waals surface area (Å²) in [7, 11) is 0. The summed E-state index contributed by atoms with van der Waals surface area (Å²) in [5.41, 5.74) is 5.63. The van der Waals surface area contributed by atoms with E-state index in [0.717, 1.165) is 19.4 Å². The molecule has 1 aromatic heterocycles. The first kappa shape index (κ1) is 14.4. The zero-order valence-electron chi connectivity index (χ0n) is 10.5. The van der Waals surface area contributed by atoms with E-state index in [2.05, 4.69) is 35.4 Å². The fourth-order valence-electron chi connectivity index (χ4n) is 1.61. The molecular weight excluding hydrogens is 256 g/mol. The first-order valence-electron chi connectivity index (χ1n) is 5.63. The molecule has 4 nitrogen and oxygen atoms in total. The molecule has 0 saturated heterocycles. The van der Waals surface area contributed by atoms with E-state index >= 15 is 0 Å². The molecule has 1 heterocycles. The summed E-state index contributed by atoms with van der Waals surface area (Å²) in [6.07, 6.45) is 5.73. The van der Waals surface area contributed by atoms with Crippen molar-refractivity contribution in [1.29, 1.82) is 0 Å². The van der Waals surface area contributed by atoms with Crippen LogP contribution in [0.5, 0.6) is 0 Å².